The fourth-order valence-electron chi connectivity index (χ4n) is 0.997. The molecule has 0 nitrogen and oxygen atoms in total. The van der Waals surface area contributed by atoms with Crippen LogP contribution in [-0.4, -0.2) is 0 Å². The van der Waals surface area contributed by atoms with Gasteiger partial charge in [0.2, 0.25) is 0 Å². The van der Waals surface area contributed by atoms with Crippen molar-refractivity contribution in [2.75, 3.05) is 0 Å². The predicted octanol–water partition coefficient (Wildman–Crippen LogP) is 3.55. The van der Waals surface area contributed by atoms with Gasteiger partial charge < -0.3 is 0 Å². The van der Waals surface area contributed by atoms with Crippen molar-refractivity contribution in [3.05, 3.63) is 24.3 Å². The highest BCUT2D eigenvalue weighted by Crippen LogP contribution is 2.15. The van der Waals surface area contributed by atoms with Crippen LogP contribution < -0.4 is 0 Å². The summed E-state index contributed by atoms with van der Waals surface area (Å²) in [5.74, 6) is 0.654. The van der Waals surface area contributed by atoms with Gasteiger partial charge in [0.05, 0.1) is 0 Å². The molecule has 0 aromatic rings. The Morgan fingerprint density at radius 3 is 2.60 bits per heavy atom. The molecule has 0 heterocycles. The average molecular weight is 138 g/mol. The number of hydrogen-bond donors (Lipinski definition) is 0. The molecule has 58 valence electrons. The monoisotopic (exact) mass is 138 g/mol. The molecule has 0 aliphatic rings. The van der Waals surface area contributed by atoms with Crippen molar-refractivity contribution in [2.45, 2.75) is 33.6 Å². The van der Waals surface area contributed by atoms with Crippen molar-refractivity contribution in [3.63, 3.8) is 0 Å². The van der Waals surface area contributed by atoms with Crippen LogP contribution in [0.4, 0.5) is 0 Å². The second kappa shape index (κ2) is 5.28. The SMILES string of the molecule is C=C(/C=C/C)[C@@H](C)CCC. The Labute approximate surface area is 64.6 Å². The van der Waals surface area contributed by atoms with Gasteiger partial charge in [0.1, 0.15) is 0 Å². The summed E-state index contributed by atoms with van der Waals surface area (Å²) in [7, 11) is 0. The molecule has 0 rings (SSSR count). The molecule has 0 spiro atoms. The molecule has 0 amide bonds. The maximum atomic E-state index is 3.98. The number of allylic oxidation sites excluding steroid dienone is 3. The Bertz CT molecular complexity index is 120. The fraction of sp³-hybridized carbons (Fsp3) is 0.600. The minimum absolute atomic E-state index is 0.654. The quantitative estimate of drug-likeness (QED) is 0.521. The van der Waals surface area contributed by atoms with Gasteiger partial charge in [0, 0.05) is 0 Å². The van der Waals surface area contributed by atoms with Gasteiger partial charge in [-0.05, 0) is 19.3 Å². The average Bonchev–Trinajstić information content (AvgIpc) is 1.89. The minimum Gasteiger partial charge on any atom is -0.0956 e. The molecular formula is C10H18. The summed E-state index contributed by atoms with van der Waals surface area (Å²) in [6, 6.07) is 0. The van der Waals surface area contributed by atoms with Gasteiger partial charge in [-0.15, -0.1) is 0 Å². The topological polar surface area (TPSA) is 0 Å². The first-order chi connectivity index (χ1) is 4.72. The van der Waals surface area contributed by atoms with Crippen LogP contribution in [0.1, 0.15) is 33.6 Å². The minimum atomic E-state index is 0.654. The van der Waals surface area contributed by atoms with Gasteiger partial charge in [-0.1, -0.05) is 44.6 Å². The smallest absolute Gasteiger partial charge is 0.0196 e. The van der Waals surface area contributed by atoms with Crippen LogP contribution in [0.5, 0.6) is 0 Å². The van der Waals surface area contributed by atoms with Crippen molar-refractivity contribution in [1.29, 1.82) is 0 Å². The van der Waals surface area contributed by atoms with Crippen molar-refractivity contribution < 1.29 is 0 Å². The lowest BCUT2D eigenvalue weighted by atomic mass is 9.97. The van der Waals surface area contributed by atoms with Gasteiger partial charge in [-0.2, -0.15) is 0 Å². The lowest BCUT2D eigenvalue weighted by molar-refractivity contribution is 0.614. The van der Waals surface area contributed by atoms with E-state index in [1.54, 1.807) is 0 Å². The largest absolute Gasteiger partial charge is 0.0956 e. The van der Waals surface area contributed by atoms with Crippen molar-refractivity contribution in [2.24, 2.45) is 5.92 Å². The molecular weight excluding hydrogens is 120 g/mol. The Hall–Kier alpha value is -0.520. The molecule has 0 aliphatic carbocycles. The van der Waals surface area contributed by atoms with Crippen LogP contribution >= 0.6 is 0 Å². The van der Waals surface area contributed by atoms with E-state index in [1.165, 1.54) is 18.4 Å². The fourth-order valence-corrected chi connectivity index (χ4v) is 0.997. The molecule has 0 saturated heterocycles. The molecule has 0 aromatic carbocycles. The first-order valence-electron chi connectivity index (χ1n) is 4.03. The third-order valence-corrected chi connectivity index (χ3v) is 1.74. The van der Waals surface area contributed by atoms with Crippen LogP contribution in [0.3, 0.4) is 0 Å². The van der Waals surface area contributed by atoms with Crippen LogP contribution in [0.15, 0.2) is 24.3 Å². The second-order valence-electron chi connectivity index (χ2n) is 2.76. The van der Waals surface area contributed by atoms with E-state index < -0.39 is 0 Å². The summed E-state index contributed by atoms with van der Waals surface area (Å²) in [5.41, 5.74) is 1.25. The van der Waals surface area contributed by atoms with E-state index in [0.717, 1.165) is 0 Å². The molecule has 10 heavy (non-hydrogen) atoms. The zero-order chi connectivity index (χ0) is 7.98. The summed E-state index contributed by atoms with van der Waals surface area (Å²) >= 11 is 0. The van der Waals surface area contributed by atoms with E-state index in [-0.39, 0.29) is 0 Å². The molecule has 0 heteroatoms. The summed E-state index contributed by atoms with van der Waals surface area (Å²) < 4.78 is 0. The van der Waals surface area contributed by atoms with Gasteiger partial charge >= 0.3 is 0 Å². The summed E-state index contributed by atoms with van der Waals surface area (Å²) in [6.45, 7) is 10.4. The Morgan fingerprint density at radius 1 is 1.60 bits per heavy atom. The summed E-state index contributed by atoms with van der Waals surface area (Å²) in [5, 5.41) is 0. The van der Waals surface area contributed by atoms with E-state index in [9.17, 15) is 0 Å². The zero-order valence-electron chi connectivity index (χ0n) is 7.35. The molecule has 0 saturated carbocycles. The van der Waals surface area contributed by atoms with E-state index >= 15 is 0 Å². The van der Waals surface area contributed by atoms with Crippen LogP contribution in [-0.2, 0) is 0 Å². The highest BCUT2D eigenvalue weighted by atomic mass is 14.1. The number of rotatable bonds is 4. The molecule has 0 bridgehead atoms. The van der Waals surface area contributed by atoms with E-state index in [2.05, 4.69) is 32.6 Å². The van der Waals surface area contributed by atoms with Gasteiger partial charge in [-0.25, -0.2) is 0 Å². The van der Waals surface area contributed by atoms with E-state index in [1.807, 2.05) is 6.92 Å². The third kappa shape index (κ3) is 3.49. The van der Waals surface area contributed by atoms with E-state index in [0.29, 0.717) is 5.92 Å². The highest BCUT2D eigenvalue weighted by molar-refractivity contribution is 5.16. The first kappa shape index (κ1) is 9.48. The van der Waals surface area contributed by atoms with Crippen LogP contribution in [0.2, 0.25) is 0 Å². The molecule has 0 aromatic heterocycles. The normalized spacial score (nSPS) is 13.9. The van der Waals surface area contributed by atoms with E-state index in [4.69, 9.17) is 0 Å². The molecule has 1 atom stereocenters. The second-order valence-corrected chi connectivity index (χ2v) is 2.76. The lowest BCUT2D eigenvalue weighted by Gasteiger charge is -2.08. The molecule has 0 aliphatic heterocycles. The number of hydrogen-bond acceptors (Lipinski definition) is 0. The van der Waals surface area contributed by atoms with Crippen LogP contribution in [0, 0.1) is 5.92 Å². The molecule has 0 N–H and O–H groups in total. The van der Waals surface area contributed by atoms with Crippen molar-refractivity contribution in [3.8, 4) is 0 Å². The molecule has 0 fully saturated rings. The standard InChI is InChI=1S/C10H18/c1-5-7-9(3)10(4)8-6-2/h5,7,10H,3,6,8H2,1-2,4H3/b7-5+/t10-/m0/s1. The maximum absolute atomic E-state index is 3.98. The predicted molar refractivity (Wildman–Crippen MR) is 48.0 cm³/mol. The van der Waals surface area contributed by atoms with Crippen LogP contribution in [0.25, 0.3) is 0 Å². The summed E-state index contributed by atoms with van der Waals surface area (Å²) in [4.78, 5) is 0. The first-order valence-corrected chi connectivity index (χ1v) is 4.03. The summed E-state index contributed by atoms with van der Waals surface area (Å²) in [6.07, 6.45) is 6.65. The van der Waals surface area contributed by atoms with Gasteiger partial charge in [0.15, 0.2) is 0 Å². The highest BCUT2D eigenvalue weighted by Gasteiger charge is 2.00. The van der Waals surface area contributed by atoms with Crippen molar-refractivity contribution >= 4 is 0 Å². The molecule has 0 unspecified atom stereocenters. The third-order valence-electron chi connectivity index (χ3n) is 1.74. The maximum Gasteiger partial charge on any atom is -0.0196 e. The van der Waals surface area contributed by atoms with Crippen molar-refractivity contribution in [1.82, 2.24) is 0 Å². The zero-order valence-corrected chi connectivity index (χ0v) is 7.35. The van der Waals surface area contributed by atoms with Gasteiger partial charge in [0.25, 0.3) is 0 Å². The molecule has 0 radical (unpaired) electrons. The Kier molecular flexibility index (Phi) is 5.00. The van der Waals surface area contributed by atoms with Gasteiger partial charge in [-0.3, -0.25) is 0 Å². The Morgan fingerprint density at radius 2 is 2.20 bits per heavy atom. The lowest BCUT2D eigenvalue weighted by Crippen LogP contribution is -1.94. The Balaban J connectivity index is 3.70.